The molecular weight excluding hydrogens is 233 g/mol. The van der Waals surface area contributed by atoms with Gasteiger partial charge in [0.25, 0.3) is 0 Å². The van der Waals surface area contributed by atoms with E-state index in [4.69, 9.17) is 15.2 Å². The second kappa shape index (κ2) is 6.71. The van der Waals surface area contributed by atoms with E-state index in [0.717, 1.165) is 0 Å². The Balaban J connectivity index is 3.04. The summed E-state index contributed by atoms with van der Waals surface area (Å²) in [5.41, 5.74) is 6.56. The fourth-order valence-electron chi connectivity index (χ4n) is 2.02. The summed E-state index contributed by atoms with van der Waals surface area (Å²) < 4.78 is 24.7. The van der Waals surface area contributed by atoms with E-state index < -0.39 is 11.9 Å². The molecule has 2 atom stereocenters. The van der Waals surface area contributed by atoms with E-state index in [2.05, 4.69) is 0 Å². The molecule has 0 aromatic heterocycles. The first-order chi connectivity index (χ1) is 8.52. The summed E-state index contributed by atoms with van der Waals surface area (Å²) in [5, 5.41) is 0. The summed E-state index contributed by atoms with van der Waals surface area (Å²) >= 11 is 0. The average molecular weight is 255 g/mol. The highest BCUT2D eigenvalue weighted by atomic mass is 19.1. The molecular formula is C14H22FNO2. The molecule has 0 saturated heterocycles. The van der Waals surface area contributed by atoms with Gasteiger partial charge in [0.15, 0.2) is 11.6 Å². The topological polar surface area (TPSA) is 44.5 Å². The molecule has 0 amide bonds. The molecule has 0 aliphatic rings. The van der Waals surface area contributed by atoms with E-state index in [-0.39, 0.29) is 17.8 Å². The Hall–Kier alpha value is -1.13. The molecule has 0 aliphatic heterocycles. The monoisotopic (exact) mass is 255 g/mol. The third-order valence-corrected chi connectivity index (χ3v) is 2.94. The molecule has 0 aliphatic carbocycles. The molecule has 3 nitrogen and oxygen atoms in total. The standard InChI is InChI=1S/C14H22FNO2/c1-5-18-14(9(2)3)13(16)10-7-6-8-11(17-4)12(10)15/h6-9,13-14H,5,16H2,1-4H3. The predicted molar refractivity (Wildman–Crippen MR) is 70.1 cm³/mol. The third-order valence-electron chi connectivity index (χ3n) is 2.94. The summed E-state index contributed by atoms with van der Waals surface area (Å²) in [5.74, 6) is 0.0189. The van der Waals surface area contributed by atoms with Gasteiger partial charge >= 0.3 is 0 Å². The molecule has 1 aromatic rings. The van der Waals surface area contributed by atoms with Gasteiger partial charge in [-0.25, -0.2) is 4.39 Å². The quantitative estimate of drug-likeness (QED) is 0.850. The van der Waals surface area contributed by atoms with Crippen molar-refractivity contribution in [1.29, 1.82) is 0 Å². The van der Waals surface area contributed by atoms with Gasteiger partial charge in [0, 0.05) is 12.2 Å². The van der Waals surface area contributed by atoms with Crippen LogP contribution in [0, 0.1) is 11.7 Å². The van der Waals surface area contributed by atoms with Gasteiger partial charge in [-0.05, 0) is 18.9 Å². The predicted octanol–water partition coefficient (Wildman–Crippen LogP) is 2.90. The summed E-state index contributed by atoms with van der Waals surface area (Å²) in [7, 11) is 1.44. The first-order valence-corrected chi connectivity index (χ1v) is 6.22. The second-order valence-electron chi connectivity index (χ2n) is 4.55. The number of rotatable bonds is 6. The molecule has 1 rings (SSSR count). The Labute approximate surface area is 108 Å². The molecule has 0 saturated carbocycles. The van der Waals surface area contributed by atoms with E-state index in [9.17, 15) is 4.39 Å². The zero-order chi connectivity index (χ0) is 13.7. The van der Waals surface area contributed by atoms with E-state index in [1.54, 1.807) is 18.2 Å². The average Bonchev–Trinajstić information content (AvgIpc) is 2.35. The van der Waals surface area contributed by atoms with Crippen LogP contribution < -0.4 is 10.5 Å². The highest BCUT2D eigenvalue weighted by Crippen LogP contribution is 2.29. The Kier molecular flexibility index (Phi) is 5.56. The smallest absolute Gasteiger partial charge is 0.169 e. The maximum atomic E-state index is 14.1. The van der Waals surface area contributed by atoms with Gasteiger partial charge in [-0.15, -0.1) is 0 Å². The number of methoxy groups -OCH3 is 1. The minimum absolute atomic E-state index is 0.210. The van der Waals surface area contributed by atoms with Crippen molar-refractivity contribution < 1.29 is 13.9 Å². The maximum Gasteiger partial charge on any atom is 0.169 e. The van der Waals surface area contributed by atoms with Gasteiger partial charge in [-0.1, -0.05) is 26.0 Å². The van der Waals surface area contributed by atoms with Gasteiger partial charge in [0.1, 0.15) is 0 Å². The fourth-order valence-corrected chi connectivity index (χ4v) is 2.02. The minimum Gasteiger partial charge on any atom is -0.494 e. The van der Waals surface area contributed by atoms with Crippen molar-refractivity contribution in [3.8, 4) is 5.75 Å². The van der Waals surface area contributed by atoms with Gasteiger partial charge in [-0.3, -0.25) is 0 Å². The molecule has 0 spiro atoms. The summed E-state index contributed by atoms with van der Waals surface area (Å²) in [6.07, 6.45) is -0.211. The Morgan fingerprint density at radius 2 is 2.00 bits per heavy atom. The number of benzene rings is 1. The van der Waals surface area contributed by atoms with Gasteiger partial charge < -0.3 is 15.2 Å². The molecule has 0 heterocycles. The molecule has 2 unspecified atom stereocenters. The van der Waals surface area contributed by atoms with Crippen molar-refractivity contribution >= 4 is 0 Å². The van der Waals surface area contributed by atoms with Crippen molar-refractivity contribution in [2.75, 3.05) is 13.7 Å². The molecule has 1 aromatic carbocycles. The molecule has 0 radical (unpaired) electrons. The fraction of sp³-hybridized carbons (Fsp3) is 0.571. The molecule has 18 heavy (non-hydrogen) atoms. The van der Waals surface area contributed by atoms with Crippen LogP contribution in [-0.4, -0.2) is 19.8 Å². The van der Waals surface area contributed by atoms with E-state index in [1.165, 1.54) is 7.11 Å². The molecule has 4 heteroatoms. The van der Waals surface area contributed by atoms with Gasteiger partial charge in [0.2, 0.25) is 0 Å². The van der Waals surface area contributed by atoms with E-state index in [1.807, 2.05) is 20.8 Å². The van der Waals surface area contributed by atoms with Gasteiger partial charge in [-0.2, -0.15) is 0 Å². The number of nitrogens with two attached hydrogens (primary N) is 1. The van der Waals surface area contributed by atoms with Crippen molar-refractivity contribution in [3.05, 3.63) is 29.6 Å². The normalized spacial score (nSPS) is 14.6. The summed E-state index contributed by atoms with van der Waals surface area (Å²) in [4.78, 5) is 0. The second-order valence-corrected chi connectivity index (χ2v) is 4.55. The summed E-state index contributed by atoms with van der Waals surface area (Å²) in [6, 6.07) is 4.49. The third kappa shape index (κ3) is 3.21. The molecule has 102 valence electrons. The highest BCUT2D eigenvalue weighted by Gasteiger charge is 2.26. The number of hydrogen-bond donors (Lipinski definition) is 1. The summed E-state index contributed by atoms with van der Waals surface area (Å²) in [6.45, 7) is 6.49. The van der Waals surface area contributed by atoms with E-state index in [0.29, 0.717) is 12.2 Å². The Bertz CT molecular complexity index is 382. The van der Waals surface area contributed by atoms with Crippen molar-refractivity contribution in [2.45, 2.75) is 32.9 Å². The lowest BCUT2D eigenvalue weighted by atomic mass is 9.93. The lowest BCUT2D eigenvalue weighted by Crippen LogP contribution is -2.34. The SMILES string of the molecule is CCOC(C(C)C)C(N)c1cccc(OC)c1F. The molecule has 0 fully saturated rings. The number of ether oxygens (including phenoxy) is 2. The zero-order valence-electron chi connectivity index (χ0n) is 11.4. The first-order valence-electron chi connectivity index (χ1n) is 6.22. The Morgan fingerprint density at radius 1 is 1.33 bits per heavy atom. The highest BCUT2D eigenvalue weighted by molar-refractivity contribution is 5.33. The van der Waals surface area contributed by atoms with Crippen LogP contribution in [0.5, 0.6) is 5.75 Å². The van der Waals surface area contributed by atoms with Crippen LogP contribution in [0.25, 0.3) is 0 Å². The molecule has 2 N–H and O–H groups in total. The first kappa shape index (κ1) is 14.9. The minimum atomic E-state index is -0.500. The van der Waals surface area contributed by atoms with Crippen molar-refractivity contribution in [1.82, 2.24) is 0 Å². The maximum absolute atomic E-state index is 14.1. The van der Waals surface area contributed by atoms with E-state index >= 15 is 0 Å². The van der Waals surface area contributed by atoms with Crippen LogP contribution in [0.3, 0.4) is 0 Å². The van der Waals surface area contributed by atoms with Crippen LogP contribution in [-0.2, 0) is 4.74 Å². The van der Waals surface area contributed by atoms with Crippen LogP contribution in [0.15, 0.2) is 18.2 Å². The Morgan fingerprint density at radius 3 is 2.50 bits per heavy atom. The van der Waals surface area contributed by atoms with Gasteiger partial charge in [0.05, 0.1) is 19.3 Å². The largest absolute Gasteiger partial charge is 0.494 e. The lowest BCUT2D eigenvalue weighted by molar-refractivity contribution is 0.0113. The number of hydrogen-bond acceptors (Lipinski definition) is 3. The van der Waals surface area contributed by atoms with Crippen molar-refractivity contribution in [3.63, 3.8) is 0 Å². The van der Waals surface area contributed by atoms with Crippen LogP contribution >= 0.6 is 0 Å². The van der Waals surface area contributed by atoms with Crippen LogP contribution in [0.2, 0.25) is 0 Å². The lowest BCUT2D eigenvalue weighted by Gasteiger charge is -2.28. The van der Waals surface area contributed by atoms with Crippen LogP contribution in [0.4, 0.5) is 4.39 Å². The number of halogens is 1. The van der Waals surface area contributed by atoms with Crippen LogP contribution in [0.1, 0.15) is 32.4 Å². The molecule has 0 bridgehead atoms. The van der Waals surface area contributed by atoms with Crippen molar-refractivity contribution in [2.24, 2.45) is 11.7 Å². The zero-order valence-corrected chi connectivity index (χ0v) is 11.4.